The zero-order valence-corrected chi connectivity index (χ0v) is 6.12. The summed E-state index contributed by atoms with van der Waals surface area (Å²) in [6.07, 6.45) is -4.22. The minimum Gasteiger partial charge on any atom is -0.394 e. The molecule has 0 bridgehead atoms. The van der Waals surface area contributed by atoms with E-state index in [0.717, 1.165) is 0 Å². The van der Waals surface area contributed by atoms with Crippen molar-refractivity contribution in [3.05, 3.63) is 0 Å². The largest absolute Gasteiger partial charge is 0.394 e. The topological polar surface area (TPSA) is 115 Å². The van der Waals surface area contributed by atoms with E-state index in [9.17, 15) is 9.59 Å². The van der Waals surface area contributed by atoms with Crippen molar-refractivity contribution in [1.82, 2.24) is 0 Å². The van der Waals surface area contributed by atoms with Crippen molar-refractivity contribution >= 4 is 12.6 Å². The van der Waals surface area contributed by atoms with E-state index in [1.54, 1.807) is 0 Å². The molecule has 0 aliphatic heterocycles. The van der Waals surface area contributed by atoms with Gasteiger partial charge in [0.2, 0.25) is 0 Å². The van der Waals surface area contributed by atoms with Crippen LogP contribution in [0.1, 0.15) is 0 Å². The fourth-order valence-electron chi connectivity index (χ4n) is 0.601. The number of hydrogen-bond acceptors (Lipinski definition) is 6. The van der Waals surface area contributed by atoms with E-state index in [-0.39, 0.29) is 12.6 Å². The van der Waals surface area contributed by atoms with Gasteiger partial charge >= 0.3 is 0 Å². The summed E-state index contributed by atoms with van der Waals surface area (Å²) in [7, 11) is 0. The molecule has 0 aliphatic carbocycles. The van der Waals surface area contributed by atoms with Gasteiger partial charge in [-0.25, -0.2) is 0 Å². The van der Waals surface area contributed by atoms with Crippen molar-refractivity contribution in [2.45, 2.75) is 17.8 Å². The van der Waals surface area contributed by atoms with E-state index in [0.29, 0.717) is 0 Å². The maximum Gasteiger partial charge on any atom is 0.180 e. The lowest BCUT2D eigenvalue weighted by Crippen LogP contribution is -2.55. The average Bonchev–Trinajstić information content (AvgIpc) is 2.13. The van der Waals surface area contributed by atoms with Gasteiger partial charge in [-0.3, -0.25) is 4.79 Å². The number of carbonyl (C=O) groups is 2. The van der Waals surface area contributed by atoms with Crippen LogP contribution in [0.25, 0.3) is 0 Å². The first-order valence-corrected chi connectivity index (χ1v) is 3.14. The lowest BCUT2D eigenvalue weighted by atomic mass is 9.93. The van der Waals surface area contributed by atoms with Crippen LogP contribution in [0.5, 0.6) is 0 Å². The van der Waals surface area contributed by atoms with Gasteiger partial charge in [-0.2, -0.15) is 0 Å². The zero-order valence-electron chi connectivity index (χ0n) is 6.12. The van der Waals surface area contributed by atoms with Gasteiger partial charge in [-0.05, 0) is 0 Å². The van der Waals surface area contributed by atoms with Gasteiger partial charge < -0.3 is 25.2 Å². The van der Waals surface area contributed by atoms with Gasteiger partial charge in [-0.15, -0.1) is 0 Å². The summed E-state index contributed by atoms with van der Waals surface area (Å²) in [6, 6.07) is 0. The van der Waals surface area contributed by atoms with Crippen molar-refractivity contribution < 1.29 is 30.0 Å². The molecule has 0 saturated heterocycles. The molecule has 0 rings (SSSR count). The molecule has 0 spiro atoms. The van der Waals surface area contributed by atoms with Crippen LogP contribution >= 0.6 is 0 Å². The molecule has 6 heteroatoms. The number of aliphatic hydroxyl groups excluding tert-OH is 3. The lowest BCUT2D eigenvalue weighted by molar-refractivity contribution is -0.167. The Morgan fingerprint density at radius 1 is 1.33 bits per heavy atom. The Morgan fingerprint density at radius 2 is 1.83 bits per heavy atom. The molecule has 0 saturated carbocycles. The van der Waals surface area contributed by atoms with Crippen molar-refractivity contribution in [2.24, 2.45) is 0 Å². The molecule has 0 heterocycles. The number of carbonyl (C=O) groups excluding carboxylic acids is 2. The second kappa shape index (κ2) is 4.27. The zero-order chi connectivity index (χ0) is 9.78. The Labute approximate surface area is 68.1 Å². The average molecular weight is 178 g/mol. The third kappa shape index (κ3) is 1.86. The molecule has 4 N–H and O–H groups in total. The van der Waals surface area contributed by atoms with Gasteiger partial charge in [0.1, 0.15) is 12.2 Å². The summed E-state index contributed by atoms with van der Waals surface area (Å²) in [5.41, 5.74) is -2.63. The second-order valence-corrected chi connectivity index (χ2v) is 2.28. The smallest absolute Gasteiger partial charge is 0.180 e. The van der Waals surface area contributed by atoms with Crippen molar-refractivity contribution in [2.75, 3.05) is 6.61 Å². The Balaban J connectivity index is 4.64. The fraction of sp³-hybridized carbons (Fsp3) is 0.667. The molecule has 6 nitrogen and oxygen atoms in total. The van der Waals surface area contributed by atoms with E-state index in [1.807, 2.05) is 0 Å². The summed E-state index contributed by atoms with van der Waals surface area (Å²) in [6.45, 7) is -0.930. The van der Waals surface area contributed by atoms with Crippen molar-refractivity contribution in [1.29, 1.82) is 0 Å². The van der Waals surface area contributed by atoms with Crippen molar-refractivity contribution in [3.8, 4) is 0 Å². The highest BCUT2D eigenvalue weighted by Gasteiger charge is 2.42. The summed E-state index contributed by atoms with van der Waals surface area (Å²) < 4.78 is 0. The van der Waals surface area contributed by atoms with Crippen LogP contribution in [0.3, 0.4) is 0 Å². The Bertz CT molecular complexity index is 169. The number of hydrogen-bond donors (Lipinski definition) is 4. The normalized spacial score (nSPS) is 20.7. The van der Waals surface area contributed by atoms with E-state index in [1.165, 1.54) is 0 Å². The quantitative estimate of drug-likeness (QED) is 0.330. The molecule has 0 unspecified atom stereocenters. The molecule has 0 amide bonds. The Hall–Kier alpha value is -0.820. The fourth-order valence-corrected chi connectivity index (χ4v) is 0.601. The maximum atomic E-state index is 10.2. The van der Waals surface area contributed by atoms with Crippen molar-refractivity contribution in [3.63, 3.8) is 0 Å². The van der Waals surface area contributed by atoms with Gasteiger partial charge in [0.05, 0.1) is 6.61 Å². The molecular weight excluding hydrogens is 168 g/mol. The highest BCUT2D eigenvalue weighted by molar-refractivity contribution is 5.73. The van der Waals surface area contributed by atoms with Crippen LogP contribution in [0, 0.1) is 0 Å². The predicted molar refractivity (Wildman–Crippen MR) is 36.2 cm³/mol. The van der Waals surface area contributed by atoms with E-state index in [4.69, 9.17) is 20.4 Å². The van der Waals surface area contributed by atoms with Crippen LogP contribution < -0.4 is 0 Å². The van der Waals surface area contributed by atoms with Gasteiger partial charge in [0.25, 0.3) is 0 Å². The van der Waals surface area contributed by atoms with Crippen LogP contribution in [0.2, 0.25) is 0 Å². The molecule has 12 heavy (non-hydrogen) atoms. The monoisotopic (exact) mass is 178 g/mol. The van der Waals surface area contributed by atoms with E-state index < -0.39 is 24.4 Å². The van der Waals surface area contributed by atoms with Crippen LogP contribution in [-0.4, -0.2) is 57.4 Å². The number of rotatable bonds is 5. The van der Waals surface area contributed by atoms with Gasteiger partial charge in [0.15, 0.2) is 18.2 Å². The van der Waals surface area contributed by atoms with Gasteiger partial charge in [0, 0.05) is 0 Å². The first-order chi connectivity index (χ1) is 5.52. The summed E-state index contributed by atoms with van der Waals surface area (Å²) >= 11 is 0. The molecule has 0 fully saturated rings. The molecule has 0 aromatic heterocycles. The third-order valence-corrected chi connectivity index (χ3v) is 1.50. The molecule has 0 radical (unpaired) electrons. The second-order valence-electron chi connectivity index (χ2n) is 2.28. The SMILES string of the molecule is O=C[C@H](O)[C@@](O)(C=O)[C@H](O)CO. The first-order valence-electron chi connectivity index (χ1n) is 3.14. The van der Waals surface area contributed by atoms with E-state index >= 15 is 0 Å². The molecule has 0 aromatic carbocycles. The summed E-state index contributed by atoms with van der Waals surface area (Å²) in [5.74, 6) is 0. The summed E-state index contributed by atoms with van der Waals surface area (Å²) in [5, 5.41) is 35.0. The lowest BCUT2D eigenvalue weighted by Gasteiger charge is -2.27. The first kappa shape index (κ1) is 11.2. The standard InChI is InChI=1S/C6H10O6/c7-1-4(10)6(12,3-9)5(11)2-8/h1,3-5,8,10-12H,2H2/t4-,5+,6-/m0/s1. The molecule has 0 aromatic rings. The molecule has 70 valence electrons. The highest BCUT2D eigenvalue weighted by Crippen LogP contribution is 2.11. The van der Waals surface area contributed by atoms with E-state index in [2.05, 4.69) is 0 Å². The molecular formula is C6H10O6. The van der Waals surface area contributed by atoms with Crippen LogP contribution in [-0.2, 0) is 9.59 Å². The molecule has 3 atom stereocenters. The molecule has 0 aliphatic rings. The summed E-state index contributed by atoms with van der Waals surface area (Å²) in [4.78, 5) is 20.2. The van der Waals surface area contributed by atoms with Gasteiger partial charge in [-0.1, -0.05) is 0 Å². The predicted octanol–water partition coefficient (Wildman–Crippen LogP) is -3.17. The number of aldehydes is 2. The third-order valence-electron chi connectivity index (χ3n) is 1.50. The minimum absolute atomic E-state index is 0.104. The minimum atomic E-state index is -2.63. The number of aliphatic hydroxyl groups is 4. The van der Waals surface area contributed by atoms with Crippen LogP contribution in [0.4, 0.5) is 0 Å². The highest BCUT2D eigenvalue weighted by atomic mass is 16.4. The maximum absolute atomic E-state index is 10.2. The Kier molecular flexibility index (Phi) is 3.98. The Morgan fingerprint density at radius 3 is 2.08 bits per heavy atom. The van der Waals surface area contributed by atoms with Crippen LogP contribution in [0.15, 0.2) is 0 Å².